The van der Waals surface area contributed by atoms with Crippen molar-refractivity contribution in [2.24, 2.45) is 0 Å². The van der Waals surface area contributed by atoms with E-state index in [1.54, 1.807) is 32.9 Å². The van der Waals surface area contributed by atoms with Crippen LogP contribution in [0.3, 0.4) is 0 Å². The third-order valence-electron chi connectivity index (χ3n) is 5.57. The van der Waals surface area contributed by atoms with Crippen LogP contribution in [0.4, 0.5) is 5.13 Å². The normalized spacial score (nSPS) is 15.4. The minimum atomic E-state index is -1.07. The van der Waals surface area contributed by atoms with Gasteiger partial charge in [0.1, 0.15) is 4.88 Å². The lowest BCUT2D eigenvalue weighted by atomic mass is 9.94. The Morgan fingerprint density at radius 1 is 0.917 bits per heavy atom. The average Bonchev–Trinajstić information content (AvgIpc) is 3.50. The van der Waals surface area contributed by atoms with Gasteiger partial charge in [-0.2, -0.15) is 0 Å². The molecule has 0 radical (unpaired) electrons. The van der Waals surface area contributed by atoms with Crippen LogP contribution < -0.4 is 4.90 Å². The average molecular weight is 528 g/mol. The zero-order chi connectivity index (χ0) is 26.3. The molecular weight excluding hydrogens is 506 g/mol. The van der Waals surface area contributed by atoms with Gasteiger partial charge in [-0.25, -0.2) is 19.6 Å². The van der Waals surface area contributed by atoms with Crippen molar-refractivity contribution >= 4 is 51.4 Å². The van der Waals surface area contributed by atoms with E-state index in [0.717, 1.165) is 22.7 Å². The maximum absolute atomic E-state index is 13.7. The van der Waals surface area contributed by atoms with Crippen LogP contribution in [-0.4, -0.2) is 52.9 Å². The van der Waals surface area contributed by atoms with Gasteiger partial charge in [-0.1, -0.05) is 23.5 Å². The van der Waals surface area contributed by atoms with Crippen LogP contribution in [0.15, 0.2) is 35.6 Å². The minimum absolute atomic E-state index is 0.103. The van der Waals surface area contributed by atoms with E-state index >= 15 is 0 Å². The fourth-order valence-corrected chi connectivity index (χ4v) is 5.79. The number of hydrogen-bond donors (Lipinski definition) is 1. The summed E-state index contributed by atoms with van der Waals surface area (Å²) in [5, 5.41) is 11.7. The first-order chi connectivity index (χ1) is 17.1. The summed E-state index contributed by atoms with van der Waals surface area (Å²) >= 11 is 2.07. The number of aliphatic hydroxyl groups excluding tert-OH is 1. The zero-order valence-corrected chi connectivity index (χ0v) is 21.6. The van der Waals surface area contributed by atoms with Gasteiger partial charge in [-0.05, 0) is 38.5 Å². The molecule has 0 saturated carbocycles. The Bertz CT molecular complexity index is 1440. The van der Waals surface area contributed by atoms with Crippen molar-refractivity contribution in [2.75, 3.05) is 19.1 Å². The van der Waals surface area contributed by atoms with Crippen LogP contribution in [0.5, 0.6) is 0 Å². The van der Waals surface area contributed by atoms with Gasteiger partial charge >= 0.3 is 11.9 Å². The van der Waals surface area contributed by atoms with E-state index in [1.807, 2.05) is 0 Å². The number of thiazole rings is 2. The van der Waals surface area contributed by atoms with Gasteiger partial charge in [0.25, 0.3) is 5.91 Å². The van der Waals surface area contributed by atoms with Crippen molar-refractivity contribution in [3.63, 3.8) is 0 Å². The Hall–Kier alpha value is -3.90. The number of nitrogens with zero attached hydrogens (tertiary/aromatic N) is 3. The molecule has 3 aromatic rings. The van der Waals surface area contributed by atoms with Crippen molar-refractivity contribution in [2.45, 2.75) is 26.8 Å². The number of hydrogen-bond acceptors (Lipinski definition) is 11. The number of aromatic nitrogens is 2. The van der Waals surface area contributed by atoms with E-state index in [-0.39, 0.29) is 21.1 Å². The van der Waals surface area contributed by atoms with Crippen LogP contribution in [0.25, 0.3) is 0 Å². The van der Waals surface area contributed by atoms with Gasteiger partial charge in [0.05, 0.1) is 52.7 Å². The Labute approximate surface area is 213 Å². The van der Waals surface area contributed by atoms with E-state index in [4.69, 9.17) is 9.47 Å². The second-order valence-electron chi connectivity index (χ2n) is 7.83. The summed E-state index contributed by atoms with van der Waals surface area (Å²) in [6.07, 6.45) is 0. The number of amides is 1. The lowest BCUT2D eigenvalue weighted by Gasteiger charge is -2.24. The number of anilines is 1. The Balaban J connectivity index is 1.88. The minimum Gasteiger partial charge on any atom is -0.503 e. The second kappa shape index (κ2) is 9.63. The summed E-state index contributed by atoms with van der Waals surface area (Å²) < 4.78 is 9.54. The summed E-state index contributed by atoms with van der Waals surface area (Å²) in [5.41, 5.74) is 1.37. The molecule has 1 amide bonds. The van der Waals surface area contributed by atoms with Gasteiger partial charge < -0.3 is 14.6 Å². The lowest BCUT2D eigenvalue weighted by Crippen LogP contribution is -2.31. The van der Waals surface area contributed by atoms with E-state index in [1.165, 1.54) is 31.3 Å². The molecule has 1 aliphatic heterocycles. The van der Waals surface area contributed by atoms with Crippen molar-refractivity contribution < 1.29 is 33.8 Å². The van der Waals surface area contributed by atoms with E-state index in [2.05, 4.69) is 9.97 Å². The molecular formula is C24H21N3O7S2. The molecule has 1 aliphatic rings. The van der Waals surface area contributed by atoms with Gasteiger partial charge in [-0.15, -0.1) is 11.3 Å². The highest BCUT2D eigenvalue weighted by Gasteiger charge is 2.46. The monoisotopic (exact) mass is 527 g/mol. The third-order valence-corrected chi connectivity index (χ3v) is 7.78. The largest absolute Gasteiger partial charge is 0.503 e. The van der Waals surface area contributed by atoms with Crippen LogP contribution in [0.2, 0.25) is 0 Å². The molecule has 1 atom stereocenters. The molecule has 0 fully saturated rings. The molecule has 0 saturated heterocycles. The number of benzene rings is 1. The molecule has 4 rings (SSSR count). The molecule has 0 spiro atoms. The molecule has 12 heteroatoms. The molecule has 0 bridgehead atoms. The number of ether oxygens (including phenoxy) is 2. The summed E-state index contributed by atoms with van der Waals surface area (Å²) in [4.78, 5) is 61.4. The number of esters is 2. The Morgan fingerprint density at radius 3 is 2.08 bits per heavy atom. The molecule has 0 unspecified atom stereocenters. The highest BCUT2D eigenvalue weighted by atomic mass is 32.1. The number of aryl methyl sites for hydroxylation is 3. The second-order valence-corrected chi connectivity index (χ2v) is 10.0. The van der Waals surface area contributed by atoms with Crippen LogP contribution in [0.1, 0.15) is 57.7 Å². The van der Waals surface area contributed by atoms with Crippen LogP contribution >= 0.6 is 22.7 Å². The van der Waals surface area contributed by atoms with Crippen molar-refractivity contribution in [3.05, 3.63) is 72.9 Å². The number of ketones is 1. The van der Waals surface area contributed by atoms with Crippen LogP contribution in [-0.2, 0) is 14.3 Å². The van der Waals surface area contributed by atoms with Gasteiger partial charge in [-0.3, -0.25) is 14.5 Å². The lowest BCUT2D eigenvalue weighted by molar-refractivity contribution is -0.117. The Kier molecular flexibility index (Phi) is 6.74. The van der Waals surface area contributed by atoms with Crippen LogP contribution in [0, 0.1) is 20.8 Å². The number of methoxy groups -OCH3 is 2. The maximum Gasteiger partial charge on any atom is 0.350 e. The number of carbonyl (C=O) groups is 4. The summed E-state index contributed by atoms with van der Waals surface area (Å²) in [6.45, 7) is 5.02. The molecule has 186 valence electrons. The first-order valence-corrected chi connectivity index (χ1v) is 12.2. The molecule has 3 heterocycles. The van der Waals surface area contributed by atoms with Gasteiger partial charge in [0.15, 0.2) is 10.9 Å². The number of aliphatic hydroxyl groups is 1. The summed E-state index contributed by atoms with van der Waals surface area (Å²) in [7, 11) is 2.49. The first kappa shape index (κ1) is 25.2. The van der Waals surface area contributed by atoms with E-state index in [9.17, 15) is 24.3 Å². The SMILES string of the molecule is COC(=O)c1ccc([C@@H]2C(C(=O)c3sc(C)nc3C)=C(O)C(=O)N2c2nc(C)c(C(=O)OC)s2)cc1. The van der Waals surface area contributed by atoms with Crippen molar-refractivity contribution in [1.29, 1.82) is 0 Å². The van der Waals surface area contributed by atoms with E-state index < -0.39 is 35.4 Å². The molecule has 1 N–H and O–H groups in total. The maximum atomic E-state index is 13.7. The number of Topliss-reactive ketones (excluding diaryl/α,β-unsaturated/α-hetero) is 1. The zero-order valence-electron chi connectivity index (χ0n) is 19.9. The topological polar surface area (TPSA) is 136 Å². The summed E-state index contributed by atoms with van der Waals surface area (Å²) in [5.74, 6) is -3.28. The van der Waals surface area contributed by atoms with E-state index in [0.29, 0.717) is 26.8 Å². The highest BCUT2D eigenvalue weighted by Crippen LogP contribution is 2.44. The van der Waals surface area contributed by atoms with Gasteiger partial charge in [0, 0.05) is 0 Å². The smallest absolute Gasteiger partial charge is 0.350 e. The standard InChI is InChI=1S/C24H21N3O7S2/c1-10-19(35-12(3)25-10)17(28)15-16(13-6-8-14(9-7-13)22(31)33-4)27(21(30)18(15)29)24-26-11(2)20(36-24)23(32)34-5/h6-9,16,29H,1-5H3/t16-/m1/s1. The molecule has 2 aromatic heterocycles. The summed E-state index contributed by atoms with van der Waals surface area (Å²) in [6, 6.07) is 5.05. The number of carbonyl (C=O) groups excluding carboxylic acids is 4. The van der Waals surface area contributed by atoms with Crippen molar-refractivity contribution in [3.8, 4) is 0 Å². The predicted molar refractivity (Wildman–Crippen MR) is 132 cm³/mol. The first-order valence-electron chi connectivity index (χ1n) is 10.6. The number of rotatable bonds is 6. The quantitative estimate of drug-likeness (QED) is 0.374. The predicted octanol–water partition coefficient (Wildman–Crippen LogP) is 3.88. The van der Waals surface area contributed by atoms with Crippen molar-refractivity contribution in [1.82, 2.24) is 9.97 Å². The molecule has 1 aromatic carbocycles. The van der Waals surface area contributed by atoms with Gasteiger partial charge in [0.2, 0.25) is 5.78 Å². The Morgan fingerprint density at radius 2 is 1.53 bits per heavy atom. The highest BCUT2D eigenvalue weighted by molar-refractivity contribution is 7.17. The fraction of sp³-hybridized carbons (Fsp3) is 0.250. The molecule has 10 nitrogen and oxygen atoms in total. The fourth-order valence-electron chi connectivity index (χ4n) is 3.90. The molecule has 36 heavy (non-hydrogen) atoms. The molecule has 0 aliphatic carbocycles. The third kappa shape index (κ3) is 4.18.